The molecular weight excluding hydrogens is 286 g/mol. The summed E-state index contributed by atoms with van der Waals surface area (Å²) in [5.41, 5.74) is 5.32. The number of Topliss-reactive ketones (excluding diaryl/α,β-unsaturated/α-hetero) is 1. The highest BCUT2D eigenvalue weighted by Gasteiger charge is 2.54. The molecular formula is C20H18NO2+. The van der Waals surface area contributed by atoms with Crippen LogP contribution in [-0.4, -0.2) is 23.6 Å². The summed E-state index contributed by atoms with van der Waals surface area (Å²) < 4.78 is 0.954. The number of ketones is 1. The van der Waals surface area contributed by atoms with E-state index in [2.05, 4.69) is 48.5 Å². The number of nitrogens with zero attached hydrogens (tertiary/aromatic N) is 1. The highest BCUT2D eigenvalue weighted by Crippen LogP contribution is 2.59. The smallest absolute Gasteiger partial charge is 0.249 e. The number of hydrogen-bond donors (Lipinski definition) is 0. The van der Waals surface area contributed by atoms with Crippen LogP contribution in [-0.2, 0) is 4.79 Å². The normalized spacial score (nSPS) is 31.1. The average Bonchev–Trinajstić information content (AvgIpc) is 2.73. The molecule has 2 atom stereocenters. The fourth-order valence-corrected chi connectivity index (χ4v) is 5.21. The van der Waals surface area contributed by atoms with Crippen molar-refractivity contribution >= 4 is 5.78 Å². The number of benzene rings is 2. The third kappa shape index (κ3) is 1.68. The Labute approximate surface area is 134 Å². The first kappa shape index (κ1) is 13.2. The van der Waals surface area contributed by atoms with Crippen LogP contribution in [0.25, 0.3) is 0 Å². The van der Waals surface area contributed by atoms with E-state index in [0.29, 0.717) is 6.54 Å². The molecule has 3 aliphatic carbocycles. The van der Waals surface area contributed by atoms with Gasteiger partial charge in [-0.2, -0.15) is 0 Å². The maximum atomic E-state index is 12.8. The third-order valence-corrected chi connectivity index (χ3v) is 6.00. The lowest BCUT2D eigenvalue weighted by Gasteiger charge is -2.49. The van der Waals surface area contributed by atoms with E-state index in [4.69, 9.17) is 0 Å². The lowest BCUT2D eigenvalue weighted by molar-refractivity contribution is -0.536. The molecule has 3 heteroatoms. The van der Waals surface area contributed by atoms with Gasteiger partial charge in [0.1, 0.15) is 0 Å². The molecule has 4 aliphatic rings. The van der Waals surface area contributed by atoms with Gasteiger partial charge in [0.05, 0.1) is 0 Å². The molecule has 0 aromatic heterocycles. The lowest BCUT2D eigenvalue weighted by Crippen LogP contribution is -2.43. The van der Waals surface area contributed by atoms with Gasteiger partial charge in [-0.1, -0.05) is 48.5 Å². The molecule has 1 fully saturated rings. The quantitative estimate of drug-likeness (QED) is 0.701. The second-order valence-electron chi connectivity index (χ2n) is 7.02. The summed E-state index contributed by atoms with van der Waals surface area (Å²) in [6.45, 7) is 0.523. The van der Waals surface area contributed by atoms with Crippen molar-refractivity contribution in [2.45, 2.75) is 18.3 Å². The number of carbonyl (C=O) groups is 1. The van der Waals surface area contributed by atoms with Crippen LogP contribution >= 0.6 is 0 Å². The second-order valence-corrected chi connectivity index (χ2v) is 7.02. The van der Waals surface area contributed by atoms with Crippen LogP contribution in [0.3, 0.4) is 0 Å². The minimum Gasteiger partial charge on any atom is -0.292 e. The third-order valence-electron chi connectivity index (χ3n) is 6.00. The Morgan fingerprint density at radius 3 is 1.91 bits per heavy atom. The zero-order valence-electron chi connectivity index (χ0n) is 12.8. The standard InChI is InChI=1S/C20H18NO2/c22-17-11-21(23)10-9-16-18-12-5-1-3-7-14(12)19(20(16)17)15-8-4-2-6-13(15)18/h1-8,16,18-20H,9-11H2/q+1. The number of nitroso groups, excluding NO2 is 1. The van der Waals surface area contributed by atoms with Gasteiger partial charge >= 0.3 is 0 Å². The molecule has 23 heavy (non-hydrogen) atoms. The van der Waals surface area contributed by atoms with Gasteiger partial charge in [-0.05, 0) is 28.2 Å². The topological polar surface area (TPSA) is 37.1 Å². The van der Waals surface area contributed by atoms with E-state index < -0.39 is 0 Å². The van der Waals surface area contributed by atoms with Gasteiger partial charge in [0.2, 0.25) is 12.3 Å². The maximum Gasteiger partial charge on any atom is 0.249 e. The summed E-state index contributed by atoms with van der Waals surface area (Å²) in [5, 5.41) is 0. The zero-order valence-corrected chi connectivity index (χ0v) is 12.8. The minimum absolute atomic E-state index is 0.0382. The molecule has 0 N–H and O–H groups in total. The maximum absolute atomic E-state index is 12.8. The Bertz CT molecular complexity index is 794. The van der Waals surface area contributed by atoms with Crippen molar-refractivity contribution in [1.29, 1.82) is 0 Å². The molecule has 1 aliphatic heterocycles. The predicted molar refractivity (Wildman–Crippen MR) is 86.5 cm³/mol. The van der Waals surface area contributed by atoms with Crippen LogP contribution in [0, 0.1) is 16.7 Å². The van der Waals surface area contributed by atoms with Gasteiger partial charge in [0.25, 0.3) is 0 Å². The number of carbonyl (C=O) groups excluding carboxylic acids is 1. The average molecular weight is 304 g/mol. The lowest BCUT2D eigenvalue weighted by atomic mass is 9.53. The molecule has 0 saturated carbocycles. The Hall–Kier alpha value is -2.29. The minimum atomic E-state index is -0.0382. The molecule has 2 aromatic rings. The van der Waals surface area contributed by atoms with Gasteiger partial charge in [0.15, 0.2) is 6.54 Å². The molecule has 2 aromatic carbocycles. The van der Waals surface area contributed by atoms with Gasteiger partial charge in [-0.25, -0.2) is 0 Å². The van der Waals surface area contributed by atoms with E-state index in [1.165, 1.54) is 22.3 Å². The van der Waals surface area contributed by atoms with Gasteiger partial charge < -0.3 is 0 Å². The van der Waals surface area contributed by atoms with Crippen molar-refractivity contribution in [2.75, 3.05) is 13.1 Å². The van der Waals surface area contributed by atoms with Crippen LogP contribution in [0.15, 0.2) is 48.5 Å². The summed E-state index contributed by atoms with van der Waals surface area (Å²) in [6, 6.07) is 17.1. The van der Waals surface area contributed by atoms with Crippen molar-refractivity contribution in [3.63, 3.8) is 0 Å². The SMILES string of the molecule is O=C1C[N+](=O)CCC2C3c4ccccc4C(c4ccccc43)C12. The monoisotopic (exact) mass is 304 g/mol. The zero-order chi connectivity index (χ0) is 15.6. The molecule has 3 nitrogen and oxygen atoms in total. The van der Waals surface area contributed by atoms with Crippen molar-refractivity contribution in [1.82, 2.24) is 0 Å². The molecule has 1 heterocycles. The van der Waals surface area contributed by atoms with Gasteiger partial charge in [0, 0.05) is 33.8 Å². The fourth-order valence-electron chi connectivity index (χ4n) is 5.21. The van der Waals surface area contributed by atoms with E-state index in [0.717, 1.165) is 11.2 Å². The van der Waals surface area contributed by atoms with Gasteiger partial charge in [-0.3, -0.25) is 4.79 Å². The molecule has 2 bridgehead atoms. The summed E-state index contributed by atoms with van der Waals surface area (Å²) in [7, 11) is 0. The van der Waals surface area contributed by atoms with Crippen LogP contribution in [0.1, 0.15) is 40.5 Å². The molecule has 114 valence electrons. The molecule has 0 amide bonds. The highest BCUT2D eigenvalue weighted by molar-refractivity contribution is 5.86. The number of rotatable bonds is 0. The van der Waals surface area contributed by atoms with Crippen molar-refractivity contribution in [3.8, 4) is 0 Å². The Balaban J connectivity index is 1.79. The summed E-state index contributed by atoms with van der Waals surface area (Å²) in [4.78, 5) is 24.7. The Morgan fingerprint density at radius 2 is 1.35 bits per heavy atom. The summed E-state index contributed by atoms with van der Waals surface area (Å²) >= 11 is 0. The molecule has 6 rings (SSSR count). The van der Waals surface area contributed by atoms with E-state index in [1.807, 2.05) is 0 Å². The summed E-state index contributed by atoms with van der Waals surface area (Å²) in [5.74, 6) is 0.728. The fraction of sp³-hybridized carbons (Fsp3) is 0.350. The van der Waals surface area contributed by atoms with Crippen LogP contribution in [0.2, 0.25) is 0 Å². The van der Waals surface area contributed by atoms with E-state index in [1.54, 1.807) is 0 Å². The molecule has 1 saturated heterocycles. The highest BCUT2D eigenvalue weighted by atomic mass is 16.3. The Kier molecular flexibility index (Phi) is 2.64. The van der Waals surface area contributed by atoms with E-state index >= 15 is 0 Å². The van der Waals surface area contributed by atoms with Crippen LogP contribution < -0.4 is 0 Å². The number of hydrogen-bond acceptors (Lipinski definition) is 2. The van der Waals surface area contributed by atoms with Crippen LogP contribution in [0.4, 0.5) is 0 Å². The first-order valence-corrected chi connectivity index (χ1v) is 8.38. The van der Waals surface area contributed by atoms with Crippen molar-refractivity contribution in [2.24, 2.45) is 11.8 Å². The first-order valence-electron chi connectivity index (χ1n) is 8.38. The largest absolute Gasteiger partial charge is 0.292 e. The van der Waals surface area contributed by atoms with Crippen molar-refractivity contribution in [3.05, 3.63) is 75.7 Å². The summed E-state index contributed by atoms with van der Waals surface area (Å²) in [6.07, 6.45) is 0.809. The molecule has 0 spiro atoms. The Morgan fingerprint density at radius 1 is 0.826 bits per heavy atom. The molecule has 2 unspecified atom stereocenters. The first-order chi connectivity index (χ1) is 11.3. The van der Waals surface area contributed by atoms with E-state index in [9.17, 15) is 9.70 Å². The van der Waals surface area contributed by atoms with Gasteiger partial charge in [-0.15, -0.1) is 0 Å². The molecule has 0 radical (unpaired) electrons. The van der Waals surface area contributed by atoms with Crippen molar-refractivity contribution < 1.29 is 9.55 Å². The van der Waals surface area contributed by atoms with Crippen LogP contribution in [0.5, 0.6) is 0 Å². The second kappa shape index (κ2) is 4.60. The predicted octanol–water partition coefficient (Wildman–Crippen LogP) is 3.26. The van der Waals surface area contributed by atoms with E-state index in [-0.39, 0.29) is 36.0 Å².